The van der Waals surface area contributed by atoms with E-state index >= 15 is 0 Å². The highest BCUT2D eigenvalue weighted by atomic mass is 32.1. The van der Waals surface area contributed by atoms with Crippen LogP contribution in [-0.2, 0) is 16.0 Å². The number of para-hydroxylation sites is 1. The largest absolute Gasteiger partial charge is 0.467 e. The normalized spacial score (nSPS) is 14.7. The molecule has 27 heavy (non-hydrogen) atoms. The topological polar surface area (TPSA) is 86.6 Å². The number of carbonyl (C=O) groups excluding carboxylic acids is 1. The van der Waals surface area contributed by atoms with Crippen LogP contribution in [0.2, 0.25) is 0 Å². The molecule has 0 spiro atoms. The Morgan fingerprint density at radius 3 is 2.85 bits per heavy atom. The summed E-state index contributed by atoms with van der Waals surface area (Å²) in [7, 11) is 1.31. The predicted octanol–water partition coefficient (Wildman–Crippen LogP) is 2.73. The number of nitrogens with two attached hydrogens (primary N) is 1. The number of benzene rings is 2. The van der Waals surface area contributed by atoms with Gasteiger partial charge in [0, 0.05) is 23.5 Å². The van der Waals surface area contributed by atoms with Crippen molar-refractivity contribution < 1.29 is 19.0 Å². The second kappa shape index (κ2) is 6.68. The van der Waals surface area contributed by atoms with Gasteiger partial charge in [-0.25, -0.2) is 4.79 Å². The van der Waals surface area contributed by atoms with E-state index in [-0.39, 0.29) is 18.1 Å². The summed E-state index contributed by atoms with van der Waals surface area (Å²) in [5.74, 6) is 0.628. The molecule has 6 nitrogen and oxygen atoms in total. The SMILES string of the molecule is COC(=O)[C@@](N)(Cc1c[nH]c2ccccc12)C(=S)c1ccc2c(c1)OCO2. The van der Waals surface area contributed by atoms with Crippen molar-refractivity contribution in [2.75, 3.05) is 13.9 Å². The molecule has 3 aromatic rings. The lowest BCUT2D eigenvalue weighted by Crippen LogP contribution is -2.56. The number of nitrogens with one attached hydrogen (secondary N) is 1. The molecule has 3 N–H and O–H groups in total. The third-order valence-corrected chi connectivity index (χ3v) is 5.33. The molecule has 138 valence electrons. The number of thiocarbonyl (C=S) groups is 1. The van der Waals surface area contributed by atoms with Gasteiger partial charge in [0.2, 0.25) is 6.79 Å². The first kappa shape index (κ1) is 17.5. The molecule has 1 aromatic heterocycles. The van der Waals surface area contributed by atoms with Crippen LogP contribution in [-0.4, -0.2) is 35.3 Å². The number of rotatable bonds is 5. The average Bonchev–Trinajstić information content (AvgIpc) is 3.33. The molecule has 1 aliphatic rings. The van der Waals surface area contributed by atoms with E-state index in [1.807, 2.05) is 30.5 Å². The quantitative estimate of drug-likeness (QED) is 0.401. The molecule has 0 radical (unpaired) electrons. The van der Waals surface area contributed by atoms with Crippen molar-refractivity contribution in [3.8, 4) is 11.5 Å². The summed E-state index contributed by atoms with van der Waals surface area (Å²) in [6.45, 7) is 0.158. The van der Waals surface area contributed by atoms with Gasteiger partial charge in [0.15, 0.2) is 17.0 Å². The first-order valence-electron chi connectivity index (χ1n) is 8.39. The van der Waals surface area contributed by atoms with Gasteiger partial charge in [-0.15, -0.1) is 0 Å². The van der Waals surface area contributed by atoms with Crippen LogP contribution < -0.4 is 15.2 Å². The summed E-state index contributed by atoms with van der Waals surface area (Å²) >= 11 is 5.63. The van der Waals surface area contributed by atoms with Crippen LogP contribution in [0.5, 0.6) is 11.5 Å². The number of H-pyrrole nitrogens is 1. The molecule has 7 heteroatoms. The Kier molecular flexibility index (Phi) is 4.33. The molecule has 0 unspecified atom stereocenters. The number of hydrogen-bond donors (Lipinski definition) is 2. The molecular formula is C20H18N2O4S. The monoisotopic (exact) mass is 382 g/mol. The van der Waals surface area contributed by atoms with E-state index in [0.717, 1.165) is 16.5 Å². The summed E-state index contributed by atoms with van der Waals surface area (Å²) in [5, 5.41) is 0.990. The lowest BCUT2D eigenvalue weighted by Gasteiger charge is -2.27. The van der Waals surface area contributed by atoms with Gasteiger partial charge in [-0.1, -0.05) is 30.4 Å². The molecule has 0 saturated carbocycles. The Labute approximate surface area is 161 Å². The number of aromatic nitrogens is 1. The molecule has 1 atom stereocenters. The number of aromatic amines is 1. The van der Waals surface area contributed by atoms with Crippen LogP contribution in [0.4, 0.5) is 0 Å². The predicted molar refractivity (Wildman–Crippen MR) is 105 cm³/mol. The smallest absolute Gasteiger partial charge is 0.331 e. The minimum Gasteiger partial charge on any atom is -0.467 e. The highest BCUT2D eigenvalue weighted by Crippen LogP contribution is 2.34. The van der Waals surface area contributed by atoms with Crippen molar-refractivity contribution >= 4 is 34.0 Å². The molecule has 0 amide bonds. The fraction of sp³-hybridized carbons (Fsp3) is 0.200. The molecule has 2 aromatic carbocycles. The fourth-order valence-electron chi connectivity index (χ4n) is 3.30. The van der Waals surface area contributed by atoms with Crippen molar-refractivity contribution in [2.45, 2.75) is 12.0 Å². The Morgan fingerprint density at radius 1 is 1.26 bits per heavy atom. The maximum absolute atomic E-state index is 12.6. The Bertz CT molecular complexity index is 1050. The summed E-state index contributed by atoms with van der Waals surface area (Å²) in [4.78, 5) is 16.1. The van der Waals surface area contributed by atoms with Crippen LogP contribution >= 0.6 is 12.2 Å². The van der Waals surface area contributed by atoms with Gasteiger partial charge in [-0.3, -0.25) is 0 Å². The maximum Gasteiger partial charge on any atom is 0.331 e. The van der Waals surface area contributed by atoms with E-state index in [1.165, 1.54) is 7.11 Å². The second-order valence-electron chi connectivity index (χ2n) is 6.40. The number of methoxy groups -OCH3 is 1. The van der Waals surface area contributed by atoms with Crippen molar-refractivity contribution in [1.82, 2.24) is 4.98 Å². The third kappa shape index (κ3) is 2.94. The highest BCUT2D eigenvalue weighted by molar-refractivity contribution is 7.81. The maximum atomic E-state index is 12.6. The van der Waals surface area contributed by atoms with Gasteiger partial charge < -0.3 is 24.9 Å². The minimum absolute atomic E-state index is 0.158. The van der Waals surface area contributed by atoms with Crippen molar-refractivity contribution in [3.63, 3.8) is 0 Å². The molecule has 2 heterocycles. The summed E-state index contributed by atoms with van der Waals surface area (Å²) in [6, 6.07) is 13.1. The summed E-state index contributed by atoms with van der Waals surface area (Å²) in [5.41, 5.74) is 7.54. The molecular weight excluding hydrogens is 364 g/mol. The van der Waals surface area contributed by atoms with E-state index in [2.05, 4.69) is 4.98 Å². The van der Waals surface area contributed by atoms with Crippen LogP contribution in [0.1, 0.15) is 11.1 Å². The van der Waals surface area contributed by atoms with E-state index < -0.39 is 11.5 Å². The lowest BCUT2D eigenvalue weighted by atomic mass is 9.85. The Hall–Kier alpha value is -2.90. The van der Waals surface area contributed by atoms with E-state index in [0.29, 0.717) is 17.1 Å². The van der Waals surface area contributed by atoms with Gasteiger partial charge >= 0.3 is 5.97 Å². The zero-order valence-electron chi connectivity index (χ0n) is 14.7. The van der Waals surface area contributed by atoms with Gasteiger partial charge in [-0.05, 0) is 35.4 Å². The van der Waals surface area contributed by atoms with E-state index in [1.54, 1.807) is 18.2 Å². The third-order valence-electron chi connectivity index (χ3n) is 4.73. The van der Waals surface area contributed by atoms with Crippen LogP contribution in [0.25, 0.3) is 10.9 Å². The molecule has 0 bridgehead atoms. The van der Waals surface area contributed by atoms with Crippen molar-refractivity contribution in [2.24, 2.45) is 5.73 Å². The number of hydrogen-bond acceptors (Lipinski definition) is 6. The molecule has 0 fully saturated rings. The number of carbonyl (C=O) groups is 1. The first-order chi connectivity index (χ1) is 13.0. The van der Waals surface area contributed by atoms with Gasteiger partial charge in [0.1, 0.15) is 0 Å². The number of ether oxygens (including phenoxy) is 3. The number of esters is 1. The lowest BCUT2D eigenvalue weighted by molar-refractivity contribution is -0.144. The van der Waals surface area contributed by atoms with Crippen LogP contribution in [0, 0.1) is 0 Å². The standard InChI is InChI=1S/C20H18N2O4S/c1-24-19(23)20(21,9-13-10-22-15-5-3-2-4-14(13)15)18(27)12-6-7-16-17(8-12)26-11-25-16/h2-8,10,22H,9,11,21H2,1H3/t20-/m1/s1. The van der Waals surface area contributed by atoms with Crippen LogP contribution in [0.15, 0.2) is 48.7 Å². The molecule has 0 aliphatic carbocycles. The fourth-order valence-corrected chi connectivity index (χ4v) is 3.58. The highest BCUT2D eigenvalue weighted by Gasteiger charge is 2.41. The van der Waals surface area contributed by atoms with Crippen molar-refractivity contribution in [3.05, 3.63) is 59.8 Å². The summed E-state index contributed by atoms with van der Waals surface area (Å²) in [6.07, 6.45) is 2.05. The second-order valence-corrected chi connectivity index (χ2v) is 6.80. The van der Waals surface area contributed by atoms with Gasteiger partial charge in [0.25, 0.3) is 0 Å². The zero-order valence-corrected chi connectivity index (χ0v) is 15.5. The first-order valence-corrected chi connectivity index (χ1v) is 8.80. The molecule has 0 saturated heterocycles. The average molecular weight is 382 g/mol. The van der Waals surface area contributed by atoms with E-state index in [4.69, 9.17) is 32.2 Å². The van der Waals surface area contributed by atoms with E-state index in [9.17, 15) is 4.79 Å². The Morgan fingerprint density at radius 2 is 2.04 bits per heavy atom. The van der Waals surface area contributed by atoms with Crippen LogP contribution in [0.3, 0.4) is 0 Å². The van der Waals surface area contributed by atoms with Gasteiger partial charge in [0.05, 0.1) is 12.0 Å². The number of fused-ring (bicyclic) bond motifs is 2. The zero-order chi connectivity index (χ0) is 19.0. The summed E-state index contributed by atoms with van der Waals surface area (Å²) < 4.78 is 15.7. The van der Waals surface area contributed by atoms with Gasteiger partial charge in [-0.2, -0.15) is 0 Å². The van der Waals surface area contributed by atoms with Crippen molar-refractivity contribution in [1.29, 1.82) is 0 Å². The minimum atomic E-state index is -1.50. The Balaban J connectivity index is 1.73. The molecule has 4 rings (SSSR count). The molecule has 1 aliphatic heterocycles.